The summed E-state index contributed by atoms with van der Waals surface area (Å²) in [5.74, 6) is 3.11. The summed E-state index contributed by atoms with van der Waals surface area (Å²) in [5.41, 5.74) is -0.0815. The number of ether oxygens (including phenoxy) is 1. The molecule has 3 aromatic rings. The second-order valence-electron chi connectivity index (χ2n) is 13.4. The van der Waals surface area contributed by atoms with Gasteiger partial charge in [0.1, 0.15) is 11.6 Å². The number of fused-ring (bicyclic) bond motifs is 1. The van der Waals surface area contributed by atoms with Crippen LogP contribution < -0.4 is 15.0 Å². The summed E-state index contributed by atoms with van der Waals surface area (Å²) < 4.78 is 22.6. The molecule has 11 nitrogen and oxygen atoms in total. The fraction of sp³-hybridized carbons (Fsp3) is 0.562. The van der Waals surface area contributed by atoms with Crippen LogP contribution in [0.5, 0.6) is 5.75 Å². The fourth-order valence-corrected chi connectivity index (χ4v) is 6.57. The first-order chi connectivity index (χ1) is 21.5. The maximum Gasteiger partial charge on any atom is 0.289 e. The average molecular weight is 639 g/mol. The molecule has 1 aliphatic carbocycles. The largest absolute Gasteiger partial charge is 0.493 e. The van der Waals surface area contributed by atoms with Crippen LogP contribution in [0.4, 0.5) is 10.3 Å². The number of piperidine rings is 1. The molecule has 45 heavy (non-hydrogen) atoms. The van der Waals surface area contributed by atoms with Crippen molar-refractivity contribution in [2.45, 2.75) is 71.5 Å². The second kappa shape index (κ2) is 12.9. The molecule has 6 rings (SSSR count). The first-order valence-corrected chi connectivity index (χ1v) is 16.1. The molecule has 2 atom stereocenters. The number of nitrogens with zero attached hydrogens (tertiary/aromatic N) is 7. The Bertz CT molecular complexity index is 1530. The Morgan fingerprint density at radius 3 is 2.56 bits per heavy atom. The molecule has 3 aliphatic rings. The first-order valence-electron chi connectivity index (χ1n) is 15.7. The SMILES string of the molecule is CC(C)(C)NC(=O)c1nnc2n1CCN(C(=O)Cc1ccc(OCCC3CC3C3CCN(c4ncc(Cl)cn4)CC3)cc1F)C2. The summed E-state index contributed by atoms with van der Waals surface area (Å²) >= 11 is 5.91. The number of carbonyl (C=O) groups is 2. The van der Waals surface area contributed by atoms with E-state index in [1.807, 2.05) is 20.8 Å². The van der Waals surface area contributed by atoms with Crippen molar-refractivity contribution in [3.05, 3.63) is 58.6 Å². The molecule has 13 heteroatoms. The van der Waals surface area contributed by atoms with Crippen molar-refractivity contribution >= 4 is 29.4 Å². The average Bonchev–Trinajstić information content (AvgIpc) is 3.65. The molecule has 2 aromatic heterocycles. The Hall–Kier alpha value is -3.80. The minimum atomic E-state index is -0.456. The van der Waals surface area contributed by atoms with Crippen LogP contribution in [0.2, 0.25) is 5.02 Å². The van der Waals surface area contributed by atoms with Crippen LogP contribution in [0.15, 0.2) is 30.6 Å². The van der Waals surface area contributed by atoms with E-state index in [-0.39, 0.29) is 30.6 Å². The van der Waals surface area contributed by atoms with E-state index >= 15 is 0 Å². The highest BCUT2D eigenvalue weighted by atomic mass is 35.5. The van der Waals surface area contributed by atoms with E-state index in [1.165, 1.54) is 12.5 Å². The zero-order valence-electron chi connectivity index (χ0n) is 26.0. The standard InChI is InChI=1S/C32H40ClFN8O3/c1-32(2,3)37-30(44)29-39-38-27-19-41(11-12-42(27)29)28(43)15-22-4-5-24(16-26(22)34)45-13-8-21-14-25(21)20-6-9-40(10-7-20)31-35-17-23(33)18-36-31/h4-5,16-18,20-21,25H,6-15,19H2,1-3H3,(H,37,44). The molecular weight excluding hydrogens is 599 g/mol. The van der Waals surface area contributed by atoms with Crippen molar-refractivity contribution < 1.29 is 18.7 Å². The van der Waals surface area contributed by atoms with E-state index < -0.39 is 11.4 Å². The van der Waals surface area contributed by atoms with Gasteiger partial charge in [-0.3, -0.25) is 9.59 Å². The number of amides is 2. The number of anilines is 1. The molecule has 240 valence electrons. The van der Waals surface area contributed by atoms with Gasteiger partial charge in [0, 0.05) is 37.8 Å². The molecule has 0 spiro atoms. The van der Waals surface area contributed by atoms with Gasteiger partial charge in [0.05, 0.1) is 37.0 Å². The molecule has 0 radical (unpaired) electrons. The summed E-state index contributed by atoms with van der Waals surface area (Å²) in [7, 11) is 0. The number of hydrogen-bond acceptors (Lipinski definition) is 8. The molecule has 0 bridgehead atoms. The zero-order valence-corrected chi connectivity index (χ0v) is 26.8. The quantitative estimate of drug-likeness (QED) is 0.369. The Balaban J connectivity index is 0.928. The molecule has 1 N–H and O–H groups in total. The summed E-state index contributed by atoms with van der Waals surface area (Å²) in [6, 6.07) is 4.73. The van der Waals surface area contributed by atoms with Crippen molar-refractivity contribution in [1.29, 1.82) is 0 Å². The molecular formula is C32H40ClFN8O3. The normalized spacial score (nSPS) is 20.1. The smallest absolute Gasteiger partial charge is 0.289 e. The second-order valence-corrected chi connectivity index (χ2v) is 13.8. The topological polar surface area (TPSA) is 118 Å². The molecule has 2 unspecified atom stereocenters. The number of hydrogen-bond donors (Lipinski definition) is 1. The van der Waals surface area contributed by atoms with Crippen LogP contribution in [-0.2, 0) is 24.3 Å². The fourth-order valence-electron chi connectivity index (χ4n) is 6.48. The first kappa shape index (κ1) is 31.2. The Kier molecular flexibility index (Phi) is 8.94. The number of rotatable bonds is 9. The number of carbonyl (C=O) groups excluding carboxylic acids is 2. The highest BCUT2D eigenvalue weighted by Gasteiger charge is 2.43. The van der Waals surface area contributed by atoms with Crippen molar-refractivity contribution in [3.63, 3.8) is 0 Å². The Morgan fingerprint density at radius 2 is 1.84 bits per heavy atom. The van der Waals surface area contributed by atoms with Gasteiger partial charge in [-0.25, -0.2) is 14.4 Å². The lowest BCUT2D eigenvalue weighted by atomic mass is 9.90. The van der Waals surface area contributed by atoms with Gasteiger partial charge in [-0.05, 0) is 75.8 Å². The maximum absolute atomic E-state index is 15.0. The van der Waals surface area contributed by atoms with Crippen molar-refractivity contribution in [1.82, 2.24) is 34.9 Å². The van der Waals surface area contributed by atoms with Gasteiger partial charge in [-0.2, -0.15) is 0 Å². The Labute approximate surface area is 267 Å². The maximum atomic E-state index is 15.0. The minimum absolute atomic E-state index is 0.0651. The number of nitrogens with one attached hydrogen (secondary N) is 1. The van der Waals surface area contributed by atoms with E-state index in [2.05, 4.69) is 30.4 Å². The van der Waals surface area contributed by atoms with E-state index in [0.717, 1.165) is 44.2 Å². The third-order valence-electron chi connectivity index (χ3n) is 8.93. The van der Waals surface area contributed by atoms with Gasteiger partial charge in [0.25, 0.3) is 5.91 Å². The third kappa shape index (κ3) is 7.54. The third-order valence-corrected chi connectivity index (χ3v) is 9.13. The van der Waals surface area contributed by atoms with Gasteiger partial charge in [0.15, 0.2) is 5.82 Å². The van der Waals surface area contributed by atoms with E-state index in [1.54, 1.807) is 34.0 Å². The number of halogens is 2. The summed E-state index contributed by atoms with van der Waals surface area (Å²) in [5, 5.41) is 11.6. The van der Waals surface area contributed by atoms with Crippen molar-refractivity contribution in [3.8, 4) is 5.75 Å². The molecule has 1 aromatic carbocycles. The summed E-state index contributed by atoms with van der Waals surface area (Å²) in [6.45, 7) is 9.14. The lowest BCUT2D eigenvalue weighted by molar-refractivity contribution is -0.132. The lowest BCUT2D eigenvalue weighted by Crippen LogP contribution is -2.43. The highest BCUT2D eigenvalue weighted by molar-refractivity contribution is 6.30. The summed E-state index contributed by atoms with van der Waals surface area (Å²) in [6.07, 6.45) is 7.65. The van der Waals surface area contributed by atoms with Crippen molar-refractivity contribution in [2.24, 2.45) is 17.8 Å². The molecule has 2 fully saturated rings. The van der Waals surface area contributed by atoms with Crippen LogP contribution in [0, 0.1) is 23.6 Å². The van der Waals surface area contributed by atoms with Crippen LogP contribution >= 0.6 is 11.6 Å². The monoisotopic (exact) mass is 638 g/mol. The summed E-state index contributed by atoms with van der Waals surface area (Å²) in [4.78, 5) is 38.2. The van der Waals surface area contributed by atoms with E-state index in [9.17, 15) is 14.0 Å². The lowest BCUT2D eigenvalue weighted by Gasteiger charge is -2.32. The van der Waals surface area contributed by atoms with Crippen LogP contribution in [0.25, 0.3) is 0 Å². The van der Waals surface area contributed by atoms with Crippen molar-refractivity contribution in [2.75, 3.05) is 31.1 Å². The molecule has 1 saturated heterocycles. The van der Waals surface area contributed by atoms with E-state index in [4.69, 9.17) is 16.3 Å². The van der Waals surface area contributed by atoms with Gasteiger partial charge in [-0.15, -0.1) is 10.2 Å². The van der Waals surface area contributed by atoms with Gasteiger partial charge >= 0.3 is 0 Å². The Morgan fingerprint density at radius 1 is 1.09 bits per heavy atom. The number of aromatic nitrogens is 5. The minimum Gasteiger partial charge on any atom is -0.493 e. The molecule has 4 heterocycles. The zero-order chi connectivity index (χ0) is 31.7. The van der Waals surface area contributed by atoms with Gasteiger partial charge in [-0.1, -0.05) is 17.7 Å². The molecule has 1 saturated carbocycles. The number of benzene rings is 1. The van der Waals surface area contributed by atoms with Gasteiger partial charge < -0.3 is 24.4 Å². The predicted molar refractivity (Wildman–Crippen MR) is 166 cm³/mol. The van der Waals surface area contributed by atoms with Gasteiger partial charge in [0.2, 0.25) is 17.7 Å². The van der Waals surface area contributed by atoms with Crippen LogP contribution in [-0.4, -0.2) is 73.2 Å². The molecule has 2 aliphatic heterocycles. The predicted octanol–water partition coefficient (Wildman–Crippen LogP) is 4.30. The van der Waals surface area contributed by atoms with Crippen LogP contribution in [0.3, 0.4) is 0 Å². The van der Waals surface area contributed by atoms with Crippen LogP contribution in [0.1, 0.15) is 68.5 Å². The molecule has 2 amide bonds. The van der Waals surface area contributed by atoms with E-state index in [0.29, 0.717) is 53.7 Å². The highest BCUT2D eigenvalue weighted by Crippen LogP contribution is 2.49.